The number of aliphatic hydroxyl groups is 1. The first-order chi connectivity index (χ1) is 13.2. The Hall–Kier alpha value is -0.670. The number of hydrogen-bond acceptors (Lipinski definition) is 2. The molecule has 0 bridgehead atoms. The van der Waals surface area contributed by atoms with Crippen LogP contribution in [0.4, 0.5) is 0 Å². The highest BCUT2D eigenvalue weighted by atomic mass is 16.3. The lowest BCUT2D eigenvalue weighted by atomic mass is 10.0. The van der Waals surface area contributed by atoms with Gasteiger partial charge in [0.1, 0.15) is 6.54 Å². The van der Waals surface area contributed by atoms with Gasteiger partial charge >= 0.3 is 0 Å². The summed E-state index contributed by atoms with van der Waals surface area (Å²) in [5, 5.41) is 10.2. The van der Waals surface area contributed by atoms with Crippen molar-refractivity contribution >= 4 is 6.21 Å². The standard InChI is InChI=1S/C24H47N2O/c1-4-6-7-8-9-10-11-12-13-14-15-16-17-18-19-20-24-25-21-22-26(24,5-2)23(3)27/h9-10,21,23-24,27H,4-8,11-20,22H2,1-3H3/q+1/b10-9+. The summed E-state index contributed by atoms with van der Waals surface area (Å²) < 4.78 is 0.743. The first-order valence-corrected chi connectivity index (χ1v) is 11.9. The van der Waals surface area contributed by atoms with E-state index in [1.807, 2.05) is 13.1 Å². The Morgan fingerprint density at radius 3 is 2.04 bits per heavy atom. The maximum Gasteiger partial charge on any atom is 0.189 e. The van der Waals surface area contributed by atoms with Gasteiger partial charge in [-0.05, 0) is 39.0 Å². The molecule has 1 aliphatic rings. The fourth-order valence-corrected chi connectivity index (χ4v) is 4.31. The summed E-state index contributed by atoms with van der Waals surface area (Å²) in [5.41, 5.74) is 0. The first-order valence-electron chi connectivity index (χ1n) is 11.9. The van der Waals surface area contributed by atoms with E-state index in [-0.39, 0.29) is 12.4 Å². The van der Waals surface area contributed by atoms with Gasteiger partial charge < -0.3 is 5.11 Å². The second-order valence-electron chi connectivity index (χ2n) is 8.42. The zero-order valence-corrected chi connectivity index (χ0v) is 18.5. The van der Waals surface area contributed by atoms with Crippen molar-refractivity contribution in [2.75, 3.05) is 13.1 Å². The van der Waals surface area contributed by atoms with E-state index < -0.39 is 0 Å². The fourth-order valence-electron chi connectivity index (χ4n) is 4.31. The fraction of sp³-hybridized carbons (Fsp3) is 0.875. The van der Waals surface area contributed by atoms with E-state index in [1.165, 1.54) is 83.5 Å². The molecule has 0 aromatic rings. The number of allylic oxidation sites excluding steroid dienone is 2. The summed E-state index contributed by atoms with van der Waals surface area (Å²) in [6.07, 6.45) is 25.3. The molecule has 0 aromatic heterocycles. The number of aliphatic imine (C=N–C) groups is 1. The Morgan fingerprint density at radius 1 is 0.926 bits per heavy atom. The minimum absolute atomic E-state index is 0.282. The molecule has 158 valence electrons. The van der Waals surface area contributed by atoms with Crippen molar-refractivity contribution in [1.29, 1.82) is 0 Å². The first kappa shape index (κ1) is 24.4. The van der Waals surface area contributed by atoms with Crippen molar-refractivity contribution in [3.8, 4) is 0 Å². The Labute approximate surface area is 169 Å². The van der Waals surface area contributed by atoms with Crippen LogP contribution in [0.3, 0.4) is 0 Å². The molecule has 0 aliphatic carbocycles. The third kappa shape index (κ3) is 9.38. The Balaban J connectivity index is 1.93. The van der Waals surface area contributed by atoms with E-state index >= 15 is 0 Å². The molecule has 1 rings (SSSR count). The molecule has 0 saturated heterocycles. The van der Waals surface area contributed by atoms with Crippen molar-refractivity contribution < 1.29 is 9.59 Å². The highest BCUT2D eigenvalue weighted by Gasteiger charge is 2.41. The van der Waals surface area contributed by atoms with Gasteiger partial charge in [-0.1, -0.05) is 70.4 Å². The summed E-state index contributed by atoms with van der Waals surface area (Å²) in [6, 6.07) is 0. The third-order valence-corrected chi connectivity index (χ3v) is 6.35. The van der Waals surface area contributed by atoms with E-state index in [4.69, 9.17) is 0 Å². The van der Waals surface area contributed by atoms with Crippen molar-refractivity contribution in [1.82, 2.24) is 0 Å². The molecule has 0 amide bonds. The quantitative estimate of drug-likeness (QED) is 0.172. The van der Waals surface area contributed by atoms with E-state index in [0.29, 0.717) is 0 Å². The van der Waals surface area contributed by atoms with Crippen molar-refractivity contribution in [2.45, 2.75) is 123 Å². The van der Waals surface area contributed by atoms with Gasteiger partial charge in [-0.3, -0.25) is 4.48 Å². The SMILES string of the molecule is CCCCC/C=C/CCCCCCCCCCC1N=CC[N+]1(CC)C(C)O. The molecule has 3 nitrogen and oxygen atoms in total. The molecule has 0 spiro atoms. The molecule has 3 heteroatoms. The van der Waals surface area contributed by atoms with Gasteiger partial charge in [0.25, 0.3) is 0 Å². The van der Waals surface area contributed by atoms with Crippen LogP contribution in [0.25, 0.3) is 0 Å². The lowest BCUT2D eigenvalue weighted by molar-refractivity contribution is -0.976. The van der Waals surface area contributed by atoms with Crippen LogP contribution >= 0.6 is 0 Å². The van der Waals surface area contributed by atoms with Gasteiger partial charge in [-0.25, -0.2) is 4.99 Å². The summed E-state index contributed by atoms with van der Waals surface area (Å²) in [6.45, 7) is 8.23. The smallest absolute Gasteiger partial charge is 0.189 e. The molecule has 0 aromatic carbocycles. The van der Waals surface area contributed by atoms with Gasteiger partial charge in [0.2, 0.25) is 0 Å². The van der Waals surface area contributed by atoms with Crippen molar-refractivity contribution in [3.63, 3.8) is 0 Å². The van der Waals surface area contributed by atoms with Crippen LogP contribution in [0.15, 0.2) is 17.1 Å². The highest BCUT2D eigenvalue weighted by molar-refractivity contribution is 5.60. The minimum Gasteiger partial charge on any atom is -0.345 e. The summed E-state index contributed by atoms with van der Waals surface area (Å²) in [5.74, 6) is 0. The van der Waals surface area contributed by atoms with Gasteiger partial charge in [-0.15, -0.1) is 0 Å². The van der Waals surface area contributed by atoms with Crippen molar-refractivity contribution in [2.24, 2.45) is 4.99 Å². The predicted molar refractivity (Wildman–Crippen MR) is 119 cm³/mol. The second kappa shape index (κ2) is 15.3. The maximum absolute atomic E-state index is 10.2. The van der Waals surface area contributed by atoms with Crippen LogP contribution in [0.5, 0.6) is 0 Å². The zero-order chi connectivity index (χ0) is 19.8. The number of aliphatic hydroxyl groups excluding tert-OH is 1. The molecule has 1 aliphatic heterocycles. The molecule has 0 saturated carbocycles. The van der Waals surface area contributed by atoms with Gasteiger partial charge in [0, 0.05) is 13.3 Å². The molecule has 1 heterocycles. The number of rotatable bonds is 17. The maximum atomic E-state index is 10.2. The minimum atomic E-state index is -0.311. The Morgan fingerprint density at radius 2 is 1.48 bits per heavy atom. The zero-order valence-electron chi connectivity index (χ0n) is 18.5. The van der Waals surface area contributed by atoms with E-state index in [0.717, 1.165) is 24.0 Å². The molecule has 0 radical (unpaired) electrons. The topological polar surface area (TPSA) is 32.6 Å². The van der Waals surface area contributed by atoms with E-state index in [2.05, 4.69) is 31.0 Å². The lowest BCUT2D eigenvalue weighted by Gasteiger charge is -2.40. The van der Waals surface area contributed by atoms with Crippen LogP contribution in [-0.2, 0) is 0 Å². The molecule has 3 unspecified atom stereocenters. The van der Waals surface area contributed by atoms with Crippen LogP contribution < -0.4 is 0 Å². The molecular formula is C24H47N2O+. The number of unbranched alkanes of at least 4 members (excludes halogenated alkanes) is 11. The molecular weight excluding hydrogens is 332 g/mol. The Kier molecular flexibility index (Phi) is 13.8. The van der Waals surface area contributed by atoms with Gasteiger partial charge in [0.05, 0.1) is 12.8 Å². The van der Waals surface area contributed by atoms with E-state index in [9.17, 15) is 5.11 Å². The van der Waals surface area contributed by atoms with Crippen LogP contribution in [0.2, 0.25) is 0 Å². The number of hydrogen-bond donors (Lipinski definition) is 1. The van der Waals surface area contributed by atoms with Gasteiger partial charge in [0.15, 0.2) is 12.4 Å². The molecule has 0 fully saturated rings. The lowest BCUT2D eigenvalue weighted by Crippen LogP contribution is -2.57. The number of nitrogens with zero attached hydrogens (tertiary/aromatic N) is 2. The number of quaternary nitrogens is 1. The highest BCUT2D eigenvalue weighted by Crippen LogP contribution is 2.26. The van der Waals surface area contributed by atoms with Crippen LogP contribution in [0.1, 0.15) is 111 Å². The Bertz CT molecular complexity index is 405. The predicted octanol–water partition coefficient (Wildman–Crippen LogP) is 6.61. The molecule has 27 heavy (non-hydrogen) atoms. The van der Waals surface area contributed by atoms with Crippen LogP contribution in [0, 0.1) is 0 Å². The second-order valence-corrected chi connectivity index (χ2v) is 8.42. The average molecular weight is 380 g/mol. The normalized spacial score (nSPS) is 23.5. The summed E-state index contributed by atoms with van der Waals surface area (Å²) in [4.78, 5) is 4.67. The monoisotopic (exact) mass is 379 g/mol. The van der Waals surface area contributed by atoms with E-state index in [1.54, 1.807) is 0 Å². The van der Waals surface area contributed by atoms with Crippen LogP contribution in [-0.4, -0.2) is 41.3 Å². The average Bonchev–Trinajstić information content (AvgIpc) is 3.09. The van der Waals surface area contributed by atoms with Gasteiger partial charge in [-0.2, -0.15) is 0 Å². The third-order valence-electron chi connectivity index (χ3n) is 6.35. The largest absolute Gasteiger partial charge is 0.345 e. The molecule has 3 atom stereocenters. The summed E-state index contributed by atoms with van der Waals surface area (Å²) in [7, 11) is 0. The summed E-state index contributed by atoms with van der Waals surface area (Å²) >= 11 is 0. The van der Waals surface area contributed by atoms with Crippen molar-refractivity contribution in [3.05, 3.63) is 12.2 Å². The molecule has 1 N–H and O–H groups in total.